The number of benzene rings is 1. The summed E-state index contributed by atoms with van der Waals surface area (Å²) in [5, 5.41) is 5.16. The van der Waals surface area contributed by atoms with E-state index in [4.69, 9.17) is 9.72 Å². The van der Waals surface area contributed by atoms with Crippen LogP contribution in [0.25, 0.3) is 21.6 Å². The van der Waals surface area contributed by atoms with E-state index in [0.29, 0.717) is 54.8 Å². The summed E-state index contributed by atoms with van der Waals surface area (Å²) in [4.78, 5) is 46.2. The molecule has 4 rings (SSSR count). The first-order valence-corrected chi connectivity index (χ1v) is 12.8. The lowest BCUT2D eigenvalue weighted by molar-refractivity contribution is -0.118. The van der Waals surface area contributed by atoms with Gasteiger partial charge in [-0.1, -0.05) is 49.1 Å². The molecule has 0 bridgehead atoms. The molecule has 1 aliphatic rings. The molecule has 2 aromatic heterocycles. The van der Waals surface area contributed by atoms with Gasteiger partial charge in [-0.05, 0) is 31.9 Å². The number of hydrogen-bond acceptors (Lipinski definition) is 8. The Labute approximate surface area is 214 Å². The number of hydrogen-bond donors (Lipinski definition) is 0. The molecule has 1 fully saturated rings. The van der Waals surface area contributed by atoms with Crippen molar-refractivity contribution in [3.05, 3.63) is 52.3 Å². The molecule has 36 heavy (non-hydrogen) atoms. The van der Waals surface area contributed by atoms with Crippen LogP contribution in [0.1, 0.15) is 45.2 Å². The van der Waals surface area contributed by atoms with Crippen molar-refractivity contribution in [2.45, 2.75) is 46.1 Å². The Morgan fingerprint density at radius 2 is 1.92 bits per heavy atom. The van der Waals surface area contributed by atoms with Crippen LogP contribution in [-0.4, -0.2) is 63.2 Å². The summed E-state index contributed by atoms with van der Waals surface area (Å²) >= 11 is 1.31. The topological polar surface area (TPSA) is 97.1 Å². The molecule has 0 atom stereocenters. The van der Waals surface area contributed by atoms with E-state index in [1.54, 1.807) is 11.0 Å². The third kappa shape index (κ3) is 5.48. The van der Waals surface area contributed by atoms with Crippen LogP contribution in [0.3, 0.4) is 0 Å². The third-order valence-corrected chi connectivity index (χ3v) is 6.84. The first kappa shape index (κ1) is 25.6. The highest BCUT2D eigenvalue weighted by Crippen LogP contribution is 2.31. The lowest BCUT2D eigenvalue weighted by atomic mass is 9.97. The predicted molar refractivity (Wildman–Crippen MR) is 142 cm³/mol. The standard InChI is InChI=1S/C26H31N5O4S/c1-6-18(32)15-17-9-8-10-20(19(17)7-2)23-28-31-22(33)16-21(27-24(31)36-23)29-11-13-30(14-12-29)25(34)35-26(3,4)5/h7-10,16H,2,6,11-15H2,1,3-5H3. The lowest BCUT2D eigenvalue weighted by Gasteiger charge is -2.36. The van der Waals surface area contributed by atoms with E-state index >= 15 is 0 Å². The molecule has 0 saturated carbocycles. The number of rotatable bonds is 6. The summed E-state index contributed by atoms with van der Waals surface area (Å²) in [7, 11) is 0. The molecule has 0 aliphatic carbocycles. The van der Waals surface area contributed by atoms with Crippen LogP contribution >= 0.6 is 11.3 Å². The van der Waals surface area contributed by atoms with Gasteiger partial charge in [0.15, 0.2) is 0 Å². The molecule has 0 unspecified atom stereocenters. The summed E-state index contributed by atoms with van der Waals surface area (Å²) in [5.41, 5.74) is 1.72. The van der Waals surface area contributed by atoms with Gasteiger partial charge in [0.25, 0.3) is 5.56 Å². The lowest BCUT2D eigenvalue weighted by Crippen LogP contribution is -2.50. The zero-order chi connectivity index (χ0) is 26.0. The van der Waals surface area contributed by atoms with Gasteiger partial charge in [0.05, 0.1) is 0 Å². The molecular formula is C26H31N5O4S. The molecule has 9 nitrogen and oxygen atoms in total. The number of carbonyl (C=O) groups excluding carboxylic acids is 2. The highest BCUT2D eigenvalue weighted by atomic mass is 32.1. The molecule has 0 radical (unpaired) electrons. The Balaban J connectivity index is 1.59. The minimum atomic E-state index is -0.546. The van der Waals surface area contributed by atoms with E-state index < -0.39 is 5.60 Å². The molecule has 0 N–H and O–H groups in total. The molecule has 0 spiro atoms. The monoisotopic (exact) mass is 509 g/mol. The van der Waals surface area contributed by atoms with Crippen LogP contribution in [0.2, 0.25) is 0 Å². The molecule has 10 heteroatoms. The van der Waals surface area contributed by atoms with E-state index in [9.17, 15) is 14.4 Å². The zero-order valence-electron chi connectivity index (χ0n) is 21.1. The zero-order valence-corrected chi connectivity index (χ0v) is 21.9. The number of anilines is 1. The van der Waals surface area contributed by atoms with Gasteiger partial charge in [-0.2, -0.15) is 9.61 Å². The average molecular weight is 510 g/mol. The molecule has 1 saturated heterocycles. The van der Waals surface area contributed by atoms with Crippen molar-refractivity contribution in [3.8, 4) is 10.6 Å². The molecule has 1 aromatic carbocycles. The number of piperazine rings is 1. The number of nitrogens with zero attached hydrogens (tertiary/aromatic N) is 5. The van der Waals surface area contributed by atoms with Crippen molar-refractivity contribution in [1.29, 1.82) is 0 Å². The average Bonchev–Trinajstić information content (AvgIpc) is 3.27. The Morgan fingerprint density at radius 3 is 2.56 bits per heavy atom. The first-order valence-electron chi connectivity index (χ1n) is 12.0. The van der Waals surface area contributed by atoms with Crippen molar-refractivity contribution in [1.82, 2.24) is 19.5 Å². The highest BCUT2D eigenvalue weighted by molar-refractivity contribution is 7.19. The molecule has 1 amide bonds. The van der Waals surface area contributed by atoms with Crippen LogP contribution in [0.5, 0.6) is 0 Å². The number of fused-ring (bicyclic) bond motifs is 1. The maximum atomic E-state index is 12.9. The normalized spacial score (nSPS) is 14.2. The third-order valence-electron chi connectivity index (χ3n) is 5.90. The van der Waals surface area contributed by atoms with Gasteiger partial charge in [-0.15, -0.1) is 0 Å². The largest absolute Gasteiger partial charge is 0.444 e. The van der Waals surface area contributed by atoms with Gasteiger partial charge in [-0.25, -0.2) is 9.78 Å². The second-order valence-corrected chi connectivity index (χ2v) is 10.6. The van der Waals surface area contributed by atoms with E-state index in [-0.39, 0.29) is 17.4 Å². The Morgan fingerprint density at radius 1 is 1.19 bits per heavy atom. The summed E-state index contributed by atoms with van der Waals surface area (Å²) in [5.74, 6) is 0.708. The Hall–Kier alpha value is -3.53. The summed E-state index contributed by atoms with van der Waals surface area (Å²) in [6.45, 7) is 13.4. The van der Waals surface area contributed by atoms with Gasteiger partial charge in [0, 0.05) is 50.7 Å². The summed E-state index contributed by atoms with van der Waals surface area (Å²) < 4.78 is 6.76. The fraction of sp³-hybridized carbons (Fsp3) is 0.423. The van der Waals surface area contributed by atoms with E-state index in [0.717, 1.165) is 16.7 Å². The smallest absolute Gasteiger partial charge is 0.410 e. The number of aromatic nitrogens is 3. The fourth-order valence-electron chi connectivity index (χ4n) is 4.05. The van der Waals surface area contributed by atoms with Gasteiger partial charge in [-0.3, -0.25) is 9.59 Å². The molecule has 3 heterocycles. The second-order valence-electron chi connectivity index (χ2n) is 9.66. The van der Waals surface area contributed by atoms with Crippen LogP contribution in [0.15, 0.2) is 35.6 Å². The number of Topliss-reactive ketones (excluding diaryl/α,β-unsaturated/α-hetero) is 1. The Bertz CT molecular complexity index is 1360. The van der Waals surface area contributed by atoms with Gasteiger partial charge >= 0.3 is 6.09 Å². The molecular weight excluding hydrogens is 478 g/mol. The number of ketones is 1. The molecule has 3 aromatic rings. The van der Waals surface area contributed by atoms with Crippen molar-refractivity contribution in [2.75, 3.05) is 31.1 Å². The maximum Gasteiger partial charge on any atom is 0.410 e. The van der Waals surface area contributed by atoms with Crippen molar-refractivity contribution in [2.24, 2.45) is 0 Å². The van der Waals surface area contributed by atoms with Crippen LogP contribution < -0.4 is 10.5 Å². The van der Waals surface area contributed by atoms with Gasteiger partial charge < -0.3 is 14.5 Å². The number of ether oxygens (including phenoxy) is 1. The second kappa shape index (κ2) is 10.2. The van der Waals surface area contributed by atoms with Crippen LogP contribution in [0, 0.1) is 0 Å². The van der Waals surface area contributed by atoms with Crippen molar-refractivity contribution >= 4 is 40.1 Å². The first-order chi connectivity index (χ1) is 17.1. The van der Waals surface area contributed by atoms with Gasteiger partial charge in [0.1, 0.15) is 22.2 Å². The van der Waals surface area contributed by atoms with Crippen molar-refractivity contribution in [3.63, 3.8) is 0 Å². The number of amides is 1. The summed E-state index contributed by atoms with van der Waals surface area (Å²) in [6, 6.07) is 7.19. The maximum absolute atomic E-state index is 12.9. The Kier molecular flexibility index (Phi) is 7.26. The van der Waals surface area contributed by atoms with E-state index in [2.05, 4.69) is 11.7 Å². The number of carbonyl (C=O) groups is 2. The summed E-state index contributed by atoms with van der Waals surface area (Å²) in [6.07, 6.45) is 2.19. The van der Waals surface area contributed by atoms with E-state index in [1.165, 1.54) is 21.9 Å². The fourth-order valence-corrected chi connectivity index (χ4v) is 4.99. The minimum absolute atomic E-state index is 0.147. The van der Waals surface area contributed by atoms with Crippen molar-refractivity contribution < 1.29 is 14.3 Å². The predicted octanol–water partition coefficient (Wildman–Crippen LogP) is 4.04. The SMILES string of the molecule is C=Cc1c(CC(=O)CC)cccc1-c1nn2c(=O)cc(N3CCN(C(=O)OC(C)(C)C)CC3)nc2s1. The molecule has 1 aliphatic heterocycles. The minimum Gasteiger partial charge on any atom is -0.444 e. The highest BCUT2D eigenvalue weighted by Gasteiger charge is 2.27. The quantitative estimate of drug-likeness (QED) is 0.495. The van der Waals surface area contributed by atoms with Crippen LogP contribution in [0.4, 0.5) is 10.6 Å². The molecule has 190 valence electrons. The van der Waals surface area contributed by atoms with Crippen LogP contribution in [-0.2, 0) is 16.0 Å². The van der Waals surface area contributed by atoms with E-state index in [1.807, 2.05) is 50.8 Å². The van der Waals surface area contributed by atoms with Gasteiger partial charge in [0.2, 0.25) is 4.96 Å².